The molecule has 1 aromatic heterocycles. The normalized spacial score (nSPS) is 10.4. The molecule has 3 rings (SSSR count). The molecule has 2 aromatic carbocycles. The summed E-state index contributed by atoms with van der Waals surface area (Å²) in [7, 11) is 0. The molecule has 0 bridgehead atoms. The van der Waals surface area contributed by atoms with Gasteiger partial charge in [0.2, 0.25) is 11.6 Å². The Labute approximate surface area is 166 Å². The van der Waals surface area contributed by atoms with E-state index in [0.717, 1.165) is 4.47 Å². The van der Waals surface area contributed by atoms with E-state index in [0.29, 0.717) is 21.4 Å². The number of nitrogens with one attached hydrogen (secondary N) is 2. The van der Waals surface area contributed by atoms with Crippen LogP contribution in [0.5, 0.6) is 0 Å². The Hall–Kier alpha value is -2.42. The highest BCUT2D eigenvalue weighted by atomic mass is 79.9. The SMILES string of the molecule is O=[N+]([O-])c1c(Nc2cccc(Br)c2)ncnc1Nc1ccc(Cl)cc1Cl. The fourth-order valence-electron chi connectivity index (χ4n) is 2.16. The van der Waals surface area contributed by atoms with Crippen LogP contribution >= 0.6 is 39.1 Å². The average molecular weight is 455 g/mol. The molecular formula is C16H10BrCl2N5O2. The number of hydrogen-bond donors (Lipinski definition) is 2. The first kappa shape index (κ1) is 18.4. The summed E-state index contributed by atoms with van der Waals surface area (Å²) in [5, 5.41) is 18.2. The van der Waals surface area contributed by atoms with Crippen LogP contribution in [0.3, 0.4) is 0 Å². The van der Waals surface area contributed by atoms with E-state index in [1.807, 2.05) is 6.07 Å². The maximum absolute atomic E-state index is 11.6. The lowest BCUT2D eigenvalue weighted by Gasteiger charge is -2.11. The molecule has 0 aliphatic heterocycles. The molecule has 3 aromatic rings. The number of rotatable bonds is 5. The second-order valence-electron chi connectivity index (χ2n) is 5.06. The number of benzene rings is 2. The molecule has 0 saturated heterocycles. The molecule has 132 valence electrons. The first-order valence-electron chi connectivity index (χ1n) is 7.18. The lowest BCUT2D eigenvalue weighted by atomic mass is 10.3. The van der Waals surface area contributed by atoms with Crippen LogP contribution in [-0.2, 0) is 0 Å². The Balaban J connectivity index is 1.99. The van der Waals surface area contributed by atoms with E-state index in [2.05, 4.69) is 36.5 Å². The highest BCUT2D eigenvalue weighted by Crippen LogP contribution is 2.35. The number of halogens is 3. The Morgan fingerprint density at radius 3 is 2.42 bits per heavy atom. The first-order chi connectivity index (χ1) is 12.4. The van der Waals surface area contributed by atoms with Crippen molar-refractivity contribution in [3.63, 3.8) is 0 Å². The van der Waals surface area contributed by atoms with Crippen molar-refractivity contribution >= 4 is 67.8 Å². The van der Waals surface area contributed by atoms with Gasteiger partial charge < -0.3 is 10.6 Å². The fraction of sp³-hybridized carbons (Fsp3) is 0. The fourth-order valence-corrected chi connectivity index (χ4v) is 3.01. The summed E-state index contributed by atoms with van der Waals surface area (Å²) in [6, 6.07) is 11.9. The maximum Gasteiger partial charge on any atom is 0.353 e. The van der Waals surface area contributed by atoms with Gasteiger partial charge in [-0.15, -0.1) is 0 Å². The minimum atomic E-state index is -0.563. The molecule has 0 saturated carbocycles. The van der Waals surface area contributed by atoms with Crippen LogP contribution in [0.2, 0.25) is 10.0 Å². The van der Waals surface area contributed by atoms with Crippen LogP contribution in [0.15, 0.2) is 53.3 Å². The van der Waals surface area contributed by atoms with Crippen LogP contribution in [0.1, 0.15) is 0 Å². The third-order valence-corrected chi connectivity index (χ3v) is 4.32. The lowest BCUT2D eigenvalue weighted by molar-refractivity contribution is -0.383. The topological polar surface area (TPSA) is 93.0 Å². The predicted molar refractivity (Wildman–Crippen MR) is 106 cm³/mol. The van der Waals surface area contributed by atoms with E-state index >= 15 is 0 Å². The second kappa shape index (κ2) is 7.86. The van der Waals surface area contributed by atoms with E-state index < -0.39 is 4.92 Å². The van der Waals surface area contributed by atoms with Crippen molar-refractivity contribution in [1.29, 1.82) is 0 Å². The summed E-state index contributed by atoms with van der Waals surface area (Å²) in [6.45, 7) is 0. The van der Waals surface area contributed by atoms with Crippen molar-refractivity contribution in [2.75, 3.05) is 10.6 Å². The zero-order valence-corrected chi connectivity index (χ0v) is 16.0. The molecule has 1 heterocycles. The minimum Gasteiger partial charge on any atom is -0.334 e. The zero-order chi connectivity index (χ0) is 18.7. The van der Waals surface area contributed by atoms with Crippen LogP contribution in [0, 0.1) is 10.1 Å². The Bertz CT molecular complexity index is 987. The van der Waals surface area contributed by atoms with Gasteiger partial charge in [-0.25, -0.2) is 9.97 Å². The highest BCUT2D eigenvalue weighted by molar-refractivity contribution is 9.10. The summed E-state index contributed by atoms with van der Waals surface area (Å²) in [5.41, 5.74) is 0.765. The summed E-state index contributed by atoms with van der Waals surface area (Å²) in [5.74, 6) is 0.0578. The number of hydrogen-bond acceptors (Lipinski definition) is 6. The van der Waals surface area contributed by atoms with Gasteiger partial charge in [-0.2, -0.15) is 0 Å². The van der Waals surface area contributed by atoms with Gasteiger partial charge in [-0.1, -0.05) is 45.2 Å². The number of nitrogens with zero attached hydrogens (tertiary/aromatic N) is 3. The molecule has 0 aliphatic carbocycles. The molecular weight excluding hydrogens is 445 g/mol. The highest BCUT2D eigenvalue weighted by Gasteiger charge is 2.24. The summed E-state index contributed by atoms with van der Waals surface area (Å²) in [4.78, 5) is 19.0. The monoisotopic (exact) mass is 453 g/mol. The lowest BCUT2D eigenvalue weighted by Crippen LogP contribution is -2.05. The van der Waals surface area contributed by atoms with E-state index in [-0.39, 0.29) is 17.3 Å². The molecule has 0 fully saturated rings. The molecule has 26 heavy (non-hydrogen) atoms. The van der Waals surface area contributed by atoms with Crippen molar-refractivity contribution in [3.05, 3.63) is 73.4 Å². The standard InChI is InChI=1S/C16H10BrCl2N5O2/c17-9-2-1-3-11(6-9)22-15-14(24(25)26)16(21-8-20-15)23-13-5-4-10(18)7-12(13)19/h1-8H,(H2,20,21,22,23). The smallest absolute Gasteiger partial charge is 0.334 e. The van der Waals surface area contributed by atoms with Gasteiger partial charge in [-0.3, -0.25) is 10.1 Å². The van der Waals surface area contributed by atoms with Gasteiger partial charge in [0, 0.05) is 15.2 Å². The molecule has 10 heteroatoms. The van der Waals surface area contributed by atoms with Crippen molar-refractivity contribution in [3.8, 4) is 0 Å². The molecule has 0 unspecified atom stereocenters. The van der Waals surface area contributed by atoms with Crippen LogP contribution in [0.25, 0.3) is 0 Å². The van der Waals surface area contributed by atoms with Gasteiger partial charge >= 0.3 is 5.69 Å². The molecule has 0 atom stereocenters. The largest absolute Gasteiger partial charge is 0.353 e. The van der Waals surface area contributed by atoms with E-state index in [1.165, 1.54) is 12.4 Å². The van der Waals surface area contributed by atoms with Crippen LogP contribution < -0.4 is 10.6 Å². The van der Waals surface area contributed by atoms with E-state index in [1.54, 1.807) is 30.3 Å². The van der Waals surface area contributed by atoms with E-state index in [4.69, 9.17) is 23.2 Å². The van der Waals surface area contributed by atoms with Crippen molar-refractivity contribution in [2.24, 2.45) is 0 Å². The van der Waals surface area contributed by atoms with Crippen LogP contribution in [0.4, 0.5) is 28.7 Å². The third kappa shape index (κ3) is 4.21. The second-order valence-corrected chi connectivity index (χ2v) is 6.82. The van der Waals surface area contributed by atoms with Gasteiger partial charge in [0.15, 0.2) is 0 Å². The number of nitro groups is 1. The summed E-state index contributed by atoms with van der Waals surface area (Å²) < 4.78 is 0.825. The van der Waals surface area contributed by atoms with Gasteiger partial charge in [0.05, 0.1) is 15.6 Å². The van der Waals surface area contributed by atoms with Gasteiger partial charge in [-0.05, 0) is 36.4 Å². The van der Waals surface area contributed by atoms with Gasteiger partial charge in [0.25, 0.3) is 0 Å². The van der Waals surface area contributed by atoms with Crippen LogP contribution in [-0.4, -0.2) is 14.9 Å². The Morgan fingerprint density at radius 1 is 1.04 bits per heavy atom. The third-order valence-electron chi connectivity index (χ3n) is 3.28. The average Bonchev–Trinajstić information content (AvgIpc) is 2.57. The molecule has 0 spiro atoms. The molecule has 0 radical (unpaired) electrons. The number of aromatic nitrogens is 2. The molecule has 2 N–H and O–H groups in total. The number of anilines is 4. The van der Waals surface area contributed by atoms with E-state index in [9.17, 15) is 10.1 Å². The van der Waals surface area contributed by atoms with Crippen molar-refractivity contribution < 1.29 is 4.92 Å². The van der Waals surface area contributed by atoms with Gasteiger partial charge in [0.1, 0.15) is 6.33 Å². The Kier molecular flexibility index (Phi) is 5.55. The zero-order valence-electron chi connectivity index (χ0n) is 12.9. The predicted octanol–water partition coefficient (Wildman–Crippen LogP) is 5.94. The van der Waals surface area contributed by atoms with Crippen molar-refractivity contribution in [1.82, 2.24) is 9.97 Å². The first-order valence-corrected chi connectivity index (χ1v) is 8.73. The maximum atomic E-state index is 11.6. The quantitative estimate of drug-likeness (QED) is 0.366. The molecule has 0 amide bonds. The Morgan fingerprint density at radius 2 is 1.77 bits per heavy atom. The van der Waals surface area contributed by atoms with Crippen molar-refractivity contribution in [2.45, 2.75) is 0 Å². The molecule has 0 aliphatic rings. The summed E-state index contributed by atoms with van der Waals surface area (Å²) >= 11 is 15.3. The molecule has 7 nitrogen and oxygen atoms in total. The minimum absolute atomic E-state index is 0.00622. The summed E-state index contributed by atoms with van der Waals surface area (Å²) in [6.07, 6.45) is 1.22.